The molecule has 116 valence electrons. The van der Waals surface area contributed by atoms with Crippen molar-refractivity contribution in [3.05, 3.63) is 0 Å². The minimum absolute atomic E-state index is 0.728. The molecule has 0 aromatic heterocycles. The molecule has 0 saturated carbocycles. The van der Waals surface area contributed by atoms with Gasteiger partial charge in [-0.15, -0.1) is 0 Å². The molecule has 0 amide bonds. The van der Waals surface area contributed by atoms with Crippen molar-refractivity contribution >= 4 is 30.6 Å². The smallest absolute Gasteiger partial charge is 0.267 e. The maximum Gasteiger partial charge on any atom is 0.400 e. The fraction of sp³-hybridized carbons (Fsp3) is 1.00. The van der Waals surface area contributed by atoms with Crippen molar-refractivity contribution in [2.24, 2.45) is 0 Å². The molecule has 0 unspecified atom stereocenters. The zero-order valence-electron chi connectivity index (χ0n) is 10.3. The fourth-order valence-corrected chi connectivity index (χ4v) is 2.03. The van der Waals surface area contributed by atoms with Crippen LogP contribution in [0.1, 0.15) is 0 Å². The summed E-state index contributed by atoms with van der Waals surface area (Å²) in [7, 11) is -11.3. The second-order valence-corrected chi connectivity index (χ2v) is 7.90. The first-order valence-electron chi connectivity index (χ1n) is 4.52. The maximum atomic E-state index is 11.0. The maximum absolute atomic E-state index is 11.0. The van der Waals surface area contributed by atoms with Crippen LogP contribution < -0.4 is 0 Å². The fourth-order valence-electron chi connectivity index (χ4n) is 0.709. The van der Waals surface area contributed by atoms with Crippen molar-refractivity contribution in [1.82, 2.24) is 0 Å². The van der Waals surface area contributed by atoms with Crippen LogP contribution in [0.25, 0.3) is 0 Å². The van der Waals surface area contributed by atoms with Crippen LogP contribution in [0.4, 0.5) is 0 Å². The monoisotopic (exact) mass is 342 g/mol. The van der Waals surface area contributed by atoms with Gasteiger partial charge in [0.05, 0.1) is 32.8 Å². The van der Waals surface area contributed by atoms with Gasteiger partial charge in [-0.1, -0.05) is 0 Å². The molecule has 0 saturated heterocycles. The van der Waals surface area contributed by atoms with Gasteiger partial charge in [0.2, 0.25) is 0 Å². The molecular formula is C6H14O10S3. The van der Waals surface area contributed by atoms with E-state index in [0.29, 0.717) is 0 Å². The van der Waals surface area contributed by atoms with Crippen molar-refractivity contribution in [3.63, 3.8) is 0 Å². The third-order valence-corrected chi connectivity index (χ3v) is 3.44. The van der Waals surface area contributed by atoms with Crippen LogP contribution in [-0.2, 0) is 47.4 Å². The highest BCUT2D eigenvalue weighted by atomic mass is 32.3. The predicted molar refractivity (Wildman–Crippen MR) is 62.4 cm³/mol. The second kappa shape index (κ2) is 6.92. The van der Waals surface area contributed by atoms with Crippen LogP contribution in [0, 0.1) is 0 Å². The summed E-state index contributed by atoms with van der Waals surface area (Å²) in [5, 5.41) is 0. The number of rotatable bonds is 9. The molecule has 0 radical (unpaired) electrons. The summed E-state index contributed by atoms with van der Waals surface area (Å²) >= 11 is 0. The summed E-state index contributed by atoms with van der Waals surface area (Å²) in [6, 6.07) is 0. The molecule has 0 bridgehead atoms. The molecule has 0 rings (SSSR count). The van der Waals surface area contributed by atoms with Gasteiger partial charge in [0.25, 0.3) is 20.2 Å². The average molecular weight is 342 g/mol. The Balaban J connectivity index is 4.74. The number of hydrogen-bond donors (Lipinski definition) is 0. The van der Waals surface area contributed by atoms with E-state index in [1.165, 1.54) is 0 Å². The highest BCUT2D eigenvalue weighted by molar-refractivity contribution is 7.86. The molecule has 10 nitrogen and oxygen atoms in total. The van der Waals surface area contributed by atoms with Crippen molar-refractivity contribution in [1.29, 1.82) is 0 Å². The van der Waals surface area contributed by atoms with E-state index in [-0.39, 0.29) is 0 Å². The van der Waals surface area contributed by atoms with Crippen LogP contribution in [0.3, 0.4) is 0 Å². The van der Waals surface area contributed by atoms with Crippen LogP contribution in [0.15, 0.2) is 0 Å². The van der Waals surface area contributed by atoms with E-state index in [1.807, 2.05) is 0 Å². The highest BCUT2D eigenvalue weighted by Crippen LogP contribution is 2.05. The largest absolute Gasteiger partial charge is 0.400 e. The molecule has 0 heterocycles. The third-order valence-electron chi connectivity index (χ3n) is 1.39. The van der Waals surface area contributed by atoms with Gasteiger partial charge < -0.3 is 0 Å². The zero-order chi connectivity index (χ0) is 15.3. The lowest BCUT2D eigenvalue weighted by atomic mass is 10.4. The van der Waals surface area contributed by atoms with Gasteiger partial charge in [-0.05, 0) is 0 Å². The van der Waals surface area contributed by atoms with Crippen LogP contribution in [0.5, 0.6) is 0 Å². The first-order chi connectivity index (χ1) is 8.35. The summed E-state index contributed by atoms with van der Waals surface area (Å²) in [5.41, 5.74) is 0. The molecule has 13 heteroatoms. The summed E-state index contributed by atoms with van der Waals surface area (Å²) < 4.78 is 81.9. The summed E-state index contributed by atoms with van der Waals surface area (Å²) in [5.74, 6) is 0. The summed E-state index contributed by atoms with van der Waals surface area (Å²) in [6.45, 7) is -1.51. The first kappa shape index (κ1) is 18.7. The Kier molecular flexibility index (Phi) is 6.80. The molecule has 19 heavy (non-hydrogen) atoms. The highest BCUT2D eigenvalue weighted by Gasteiger charge is 2.23. The molecular weight excluding hydrogens is 328 g/mol. The van der Waals surface area contributed by atoms with Crippen LogP contribution >= 0.6 is 0 Å². The molecule has 0 aromatic carbocycles. The Morgan fingerprint density at radius 3 is 1.47 bits per heavy atom. The number of hydrogen-bond acceptors (Lipinski definition) is 10. The topological polar surface area (TPSA) is 139 Å². The lowest BCUT2D eigenvalue weighted by molar-refractivity contribution is 0.0774. The van der Waals surface area contributed by atoms with E-state index in [1.54, 1.807) is 0 Å². The minimum Gasteiger partial charge on any atom is -0.267 e. The van der Waals surface area contributed by atoms with Gasteiger partial charge in [0.15, 0.2) is 0 Å². The van der Waals surface area contributed by atoms with E-state index in [9.17, 15) is 25.3 Å². The van der Waals surface area contributed by atoms with Gasteiger partial charge in [-0.3, -0.25) is 12.5 Å². The Labute approximate surface area is 112 Å². The zero-order valence-corrected chi connectivity index (χ0v) is 12.7. The van der Waals surface area contributed by atoms with E-state index in [2.05, 4.69) is 16.7 Å². The Bertz CT molecular complexity index is 535. The Hall–Kier alpha value is -0.310. The molecule has 0 atom stereocenters. The second-order valence-electron chi connectivity index (χ2n) is 3.27. The first-order valence-corrected chi connectivity index (χ1v) is 9.49. The summed E-state index contributed by atoms with van der Waals surface area (Å²) in [6.07, 6.45) is -0.0482. The van der Waals surface area contributed by atoms with Gasteiger partial charge >= 0.3 is 10.4 Å². The predicted octanol–water partition coefficient (Wildman–Crippen LogP) is -1.78. The van der Waals surface area contributed by atoms with Gasteiger partial charge in [0.1, 0.15) is 6.10 Å². The van der Waals surface area contributed by atoms with Crippen molar-refractivity contribution < 1.29 is 42.0 Å². The van der Waals surface area contributed by atoms with Gasteiger partial charge in [-0.25, -0.2) is 4.18 Å². The normalized spacial score (nSPS) is 13.9. The SMILES string of the molecule is COS(=O)(=O)OC(COS(C)(=O)=O)COS(C)(=O)=O. The van der Waals surface area contributed by atoms with E-state index < -0.39 is 50.0 Å². The van der Waals surface area contributed by atoms with Crippen molar-refractivity contribution in [3.8, 4) is 0 Å². The van der Waals surface area contributed by atoms with Gasteiger partial charge in [0, 0.05) is 0 Å². The minimum atomic E-state index is -4.40. The average Bonchev–Trinajstić information content (AvgIpc) is 2.19. The van der Waals surface area contributed by atoms with Crippen molar-refractivity contribution in [2.45, 2.75) is 6.10 Å². The summed E-state index contributed by atoms with van der Waals surface area (Å²) in [4.78, 5) is 0. The standard InChI is InChI=1S/C6H14O10S3/c1-13-19(11,12)16-6(4-14-17(2,7)8)5-15-18(3,9)10/h6H,4-5H2,1-3H3. The molecule has 0 aromatic rings. The molecule has 0 aliphatic rings. The van der Waals surface area contributed by atoms with E-state index in [0.717, 1.165) is 19.6 Å². The molecule has 0 N–H and O–H groups in total. The lowest BCUT2D eigenvalue weighted by Crippen LogP contribution is -2.31. The van der Waals surface area contributed by atoms with Gasteiger partial charge in [-0.2, -0.15) is 25.3 Å². The van der Waals surface area contributed by atoms with E-state index in [4.69, 9.17) is 0 Å². The van der Waals surface area contributed by atoms with Crippen LogP contribution in [0.2, 0.25) is 0 Å². The quantitative estimate of drug-likeness (QED) is 0.441. The van der Waals surface area contributed by atoms with Crippen molar-refractivity contribution in [2.75, 3.05) is 32.8 Å². The Morgan fingerprint density at radius 2 is 1.21 bits per heavy atom. The Morgan fingerprint density at radius 1 is 0.842 bits per heavy atom. The molecule has 0 spiro atoms. The third kappa shape index (κ3) is 11.2. The molecule has 0 aliphatic carbocycles. The van der Waals surface area contributed by atoms with Crippen LogP contribution in [-0.4, -0.2) is 64.2 Å². The molecule has 0 aliphatic heterocycles. The van der Waals surface area contributed by atoms with E-state index >= 15 is 0 Å². The lowest BCUT2D eigenvalue weighted by Gasteiger charge is -2.15. The molecule has 0 fully saturated rings.